The third-order valence-corrected chi connectivity index (χ3v) is 4.86. The van der Waals surface area contributed by atoms with E-state index in [1.807, 2.05) is 0 Å². The molecule has 0 saturated carbocycles. The first-order chi connectivity index (χ1) is 14.2. The normalized spacial score (nSPS) is 10.3. The van der Waals surface area contributed by atoms with E-state index < -0.39 is 0 Å². The summed E-state index contributed by atoms with van der Waals surface area (Å²) in [6.07, 6.45) is 17.9. The second-order valence-corrected chi connectivity index (χ2v) is 7.73. The predicted octanol–water partition coefficient (Wildman–Crippen LogP) is 6.75. The van der Waals surface area contributed by atoms with Crippen LogP contribution in [-0.4, -0.2) is 25.2 Å². The molecule has 0 aromatic carbocycles. The Kier molecular flexibility index (Phi) is 21.6. The number of carbonyl (C=O) groups excluding carboxylic acids is 2. The molecule has 0 aliphatic rings. The number of unbranched alkanes of at least 4 members (excludes halogenated alkanes) is 12. The van der Waals surface area contributed by atoms with Gasteiger partial charge in [0.15, 0.2) is 6.61 Å². The Labute approximate surface area is 179 Å². The zero-order chi connectivity index (χ0) is 21.4. The zero-order valence-corrected chi connectivity index (χ0v) is 19.1. The Morgan fingerprint density at radius 1 is 0.586 bits per heavy atom. The van der Waals surface area contributed by atoms with Gasteiger partial charge in [0.1, 0.15) is 0 Å². The SMILES string of the molecule is CCCCCCCCCCC#CCOC(=O)CCCC(=O)OCCCCCCC. The lowest BCUT2D eigenvalue weighted by Crippen LogP contribution is -2.09. The van der Waals surface area contributed by atoms with Gasteiger partial charge in [0, 0.05) is 19.3 Å². The largest absolute Gasteiger partial charge is 0.466 e. The fourth-order valence-electron chi connectivity index (χ4n) is 3.02. The van der Waals surface area contributed by atoms with E-state index in [1.54, 1.807) is 0 Å². The lowest BCUT2D eigenvalue weighted by atomic mass is 10.1. The maximum atomic E-state index is 11.6. The van der Waals surface area contributed by atoms with Crippen molar-refractivity contribution in [2.45, 2.75) is 123 Å². The molecule has 0 N–H and O–H groups in total. The molecule has 0 amide bonds. The highest BCUT2D eigenvalue weighted by Gasteiger charge is 2.06. The first-order valence-electron chi connectivity index (χ1n) is 12.0. The number of hydrogen-bond acceptors (Lipinski definition) is 4. The van der Waals surface area contributed by atoms with E-state index in [0.29, 0.717) is 13.0 Å². The molecule has 0 aromatic rings. The van der Waals surface area contributed by atoms with Crippen LogP contribution in [0, 0.1) is 11.8 Å². The van der Waals surface area contributed by atoms with Gasteiger partial charge in [-0.1, -0.05) is 96.3 Å². The maximum Gasteiger partial charge on any atom is 0.306 e. The summed E-state index contributed by atoms with van der Waals surface area (Å²) in [6.45, 7) is 5.05. The molecular formula is C25H44O4. The van der Waals surface area contributed by atoms with Crippen molar-refractivity contribution in [2.24, 2.45) is 0 Å². The van der Waals surface area contributed by atoms with Gasteiger partial charge in [-0.25, -0.2) is 0 Å². The second kappa shape index (κ2) is 22.8. The minimum absolute atomic E-state index is 0.151. The van der Waals surface area contributed by atoms with Gasteiger partial charge in [0.05, 0.1) is 6.61 Å². The Morgan fingerprint density at radius 2 is 1.10 bits per heavy atom. The fraction of sp³-hybridized carbons (Fsp3) is 0.840. The summed E-state index contributed by atoms with van der Waals surface area (Å²) in [5, 5.41) is 0. The van der Waals surface area contributed by atoms with E-state index in [9.17, 15) is 9.59 Å². The first-order valence-corrected chi connectivity index (χ1v) is 12.0. The molecule has 0 bridgehead atoms. The van der Waals surface area contributed by atoms with Crippen LogP contribution in [0.5, 0.6) is 0 Å². The molecule has 0 atom stereocenters. The van der Waals surface area contributed by atoms with Crippen LogP contribution in [0.2, 0.25) is 0 Å². The van der Waals surface area contributed by atoms with Crippen LogP contribution in [0.4, 0.5) is 0 Å². The summed E-state index contributed by atoms with van der Waals surface area (Å²) in [6, 6.07) is 0. The molecule has 0 unspecified atom stereocenters. The quantitative estimate of drug-likeness (QED) is 0.135. The number of hydrogen-bond donors (Lipinski definition) is 0. The van der Waals surface area contributed by atoms with Crippen molar-refractivity contribution >= 4 is 11.9 Å². The topological polar surface area (TPSA) is 52.6 Å². The molecular weight excluding hydrogens is 364 g/mol. The molecule has 168 valence electrons. The van der Waals surface area contributed by atoms with Gasteiger partial charge >= 0.3 is 11.9 Å². The average Bonchev–Trinajstić information content (AvgIpc) is 2.71. The monoisotopic (exact) mass is 408 g/mol. The lowest BCUT2D eigenvalue weighted by Gasteiger charge is -2.04. The molecule has 0 aromatic heterocycles. The smallest absolute Gasteiger partial charge is 0.306 e. The van der Waals surface area contributed by atoms with Gasteiger partial charge < -0.3 is 9.47 Å². The summed E-state index contributed by atoms with van der Waals surface area (Å²) in [5.41, 5.74) is 0. The third kappa shape index (κ3) is 22.7. The lowest BCUT2D eigenvalue weighted by molar-refractivity contribution is -0.145. The van der Waals surface area contributed by atoms with Crippen LogP contribution in [0.1, 0.15) is 123 Å². The molecule has 0 fully saturated rings. The van der Waals surface area contributed by atoms with Gasteiger partial charge in [0.25, 0.3) is 0 Å². The number of ether oxygens (including phenoxy) is 2. The van der Waals surface area contributed by atoms with E-state index in [4.69, 9.17) is 9.47 Å². The molecule has 4 heteroatoms. The Balaban J connectivity index is 3.41. The Morgan fingerprint density at radius 3 is 1.72 bits per heavy atom. The predicted molar refractivity (Wildman–Crippen MR) is 120 cm³/mol. The number of esters is 2. The highest BCUT2D eigenvalue weighted by atomic mass is 16.5. The van der Waals surface area contributed by atoms with Crippen LogP contribution in [0.25, 0.3) is 0 Å². The van der Waals surface area contributed by atoms with E-state index in [-0.39, 0.29) is 31.4 Å². The third-order valence-electron chi connectivity index (χ3n) is 4.86. The minimum atomic E-state index is -0.293. The van der Waals surface area contributed by atoms with Crippen LogP contribution >= 0.6 is 0 Å². The van der Waals surface area contributed by atoms with Gasteiger partial charge in [-0.3, -0.25) is 9.59 Å². The van der Waals surface area contributed by atoms with E-state index in [1.165, 1.54) is 64.2 Å². The maximum absolute atomic E-state index is 11.6. The molecule has 0 aliphatic heterocycles. The van der Waals surface area contributed by atoms with Crippen molar-refractivity contribution in [1.29, 1.82) is 0 Å². The van der Waals surface area contributed by atoms with E-state index in [2.05, 4.69) is 25.7 Å². The van der Waals surface area contributed by atoms with E-state index >= 15 is 0 Å². The van der Waals surface area contributed by atoms with Crippen molar-refractivity contribution < 1.29 is 19.1 Å². The van der Waals surface area contributed by atoms with Crippen LogP contribution in [-0.2, 0) is 19.1 Å². The van der Waals surface area contributed by atoms with Crippen LogP contribution in [0.15, 0.2) is 0 Å². The summed E-state index contributed by atoms with van der Waals surface area (Å²) in [4.78, 5) is 23.2. The van der Waals surface area contributed by atoms with Crippen LogP contribution in [0.3, 0.4) is 0 Å². The van der Waals surface area contributed by atoms with Gasteiger partial charge in [-0.15, -0.1) is 0 Å². The molecule has 4 nitrogen and oxygen atoms in total. The molecule has 0 rings (SSSR count). The van der Waals surface area contributed by atoms with Crippen molar-refractivity contribution in [3.05, 3.63) is 0 Å². The van der Waals surface area contributed by atoms with Gasteiger partial charge in [-0.2, -0.15) is 0 Å². The zero-order valence-electron chi connectivity index (χ0n) is 19.1. The Bertz CT molecular complexity index is 447. The van der Waals surface area contributed by atoms with Crippen LogP contribution < -0.4 is 0 Å². The number of rotatable bonds is 19. The van der Waals surface area contributed by atoms with Gasteiger partial charge in [-0.05, 0) is 19.3 Å². The number of carbonyl (C=O) groups is 2. The summed E-state index contributed by atoms with van der Waals surface area (Å²) >= 11 is 0. The summed E-state index contributed by atoms with van der Waals surface area (Å²) < 4.78 is 10.2. The highest BCUT2D eigenvalue weighted by molar-refractivity contribution is 5.72. The molecule has 0 heterocycles. The second-order valence-electron chi connectivity index (χ2n) is 7.73. The van der Waals surface area contributed by atoms with Crippen molar-refractivity contribution in [3.8, 4) is 11.8 Å². The first kappa shape index (κ1) is 27.5. The van der Waals surface area contributed by atoms with E-state index in [0.717, 1.165) is 25.7 Å². The average molecular weight is 409 g/mol. The molecule has 0 spiro atoms. The molecule has 29 heavy (non-hydrogen) atoms. The van der Waals surface area contributed by atoms with Gasteiger partial charge in [0.2, 0.25) is 0 Å². The van der Waals surface area contributed by atoms with Crippen molar-refractivity contribution in [2.75, 3.05) is 13.2 Å². The Hall–Kier alpha value is -1.50. The van der Waals surface area contributed by atoms with Crippen molar-refractivity contribution in [3.63, 3.8) is 0 Å². The standard InChI is InChI=1S/C25H44O4/c1-3-5-7-9-10-11-12-13-14-16-18-23-29-25(27)21-19-20-24(26)28-22-17-15-8-6-4-2/h3-15,17,19-23H2,1-2H3. The fourth-order valence-corrected chi connectivity index (χ4v) is 3.02. The minimum Gasteiger partial charge on any atom is -0.466 e. The molecule has 0 aliphatic carbocycles. The summed E-state index contributed by atoms with van der Waals surface area (Å²) in [7, 11) is 0. The molecule has 0 saturated heterocycles. The van der Waals surface area contributed by atoms with Crippen molar-refractivity contribution in [1.82, 2.24) is 0 Å². The highest BCUT2D eigenvalue weighted by Crippen LogP contribution is 2.09. The summed E-state index contributed by atoms with van der Waals surface area (Å²) in [5.74, 6) is 5.45. The molecule has 0 radical (unpaired) electrons.